The van der Waals surface area contributed by atoms with Gasteiger partial charge in [0.25, 0.3) is 5.91 Å². The van der Waals surface area contributed by atoms with Gasteiger partial charge in [-0.1, -0.05) is 18.2 Å². The Bertz CT molecular complexity index is 782. The normalized spacial score (nSPS) is 10.7. The Morgan fingerprint density at radius 2 is 2.10 bits per heavy atom. The van der Waals surface area contributed by atoms with Crippen LogP contribution in [0.5, 0.6) is 0 Å². The van der Waals surface area contributed by atoms with Gasteiger partial charge in [-0.3, -0.25) is 4.79 Å². The maximum Gasteiger partial charge on any atom is 0.252 e. The molecule has 0 aliphatic carbocycles. The van der Waals surface area contributed by atoms with E-state index in [0.29, 0.717) is 24.1 Å². The number of hydrogen-bond acceptors (Lipinski definition) is 2. The van der Waals surface area contributed by atoms with E-state index in [1.165, 1.54) is 6.07 Å². The second-order valence-corrected chi connectivity index (χ2v) is 4.71. The predicted molar refractivity (Wildman–Crippen MR) is 77.6 cm³/mol. The number of carbonyl (C=O) groups is 1. The number of benzene rings is 1. The lowest BCUT2D eigenvalue weighted by Gasteiger charge is -2.06. The van der Waals surface area contributed by atoms with Gasteiger partial charge in [0.05, 0.1) is 5.56 Å². The van der Waals surface area contributed by atoms with Gasteiger partial charge < -0.3 is 9.72 Å². The molecule has 0 aliphatic rings. The Morgan fingerprint density at radius 3 is 2.95 bits per heavy atom. The van der Waals surface area contributed by atoms with Gasteiger partial charge in [0.1, 0.15) is 11.5 Å². The van der Waals surface area contributed by atoms with Gasteiger partial charge in [-0.15, -0.1) is 0 Å². The molecular formula is C16H14FN3O. The summed E-state index contributed by atoms with van der Waals surface area (Å²) in [6, 6.07) is 10.1. The van der Waals surface area contributed by atoms with Gasteiger partial charge in [0, 0.05) is 25.1 Å². The quantitative estimate of drug-likeness (QED) is 0.799. The first-order valence-electron chi connectivity index (χ1n) is 6.68. The summed E-state index contributed by atoms with van der Waals surface area (Å²) in [6.07, 6.45) is 5.65. The maximum atomic E-state index is 13.5. The van der Waals surface area contributed by atoms with E-state index in [2.05, 4.69) is 10.3 Å². The van der Waals surface area contributed by atoms with E-state index in [9.17, 15) is 9.18 Å². The van der Waals surface area contributed by atoms with Gasteiger partial charge in [0.2, 0.25) is 0 Å². The number of nitrogens with one attached hydrogen (secondary N) is 1. The number of hydrogen-bond donors (Lipinski definition) is 1. The van der Waals surface area contributed by atoms with Crippen molar-refractivity contribution in [3.05, 3.63) is 71.9 Å². The molecule has 0 atom stereocenters. The molecular weight excluding hydrogens is 269 g/mol. The van der Waals surface area contributed by atoms with Crippen molar-refractivity contribution in [1.29, 1.82) is 0 Å². The number of rotatable bonds is 4. The van der Waals surface area contributed by atoms with Crippen LogP contribution in [0.2, 0.25) is 0 Å². The molecule has 21 heavy (non-hydrogen) atoms. The fraction of sp³-hybridized carbons (Fsp3) is 0.125. The zero-order chi connectivity index (χ0) is 14.7. The summed E-state index contributed by atoms with van der Waals surface area (Å²) >= 11 is 0. The molecule has 106 valence electrons. The molecule has 0 saturated carbocycles. The minimum Gasteiger partial charge on any atom is -0.352 e. The zero-order valence-electron chi connectivity index (χ0n) is 11.3. The monoisotopic (exact) mass is 283 g/mol. The summed E-state index contributed by atoms with van der Waals surface area (Å²) < 4.78 is 15.2. The highest BCUT2D eigenvalue weighted by atomic mass is 19.1. The third-order valence-electron chi connectivity index (χ3n) is 3.29. The lowest BCUT2D eigenvalue weighted by Crippen LogP contribution is -2.26. The minimum atomic E-state index is -0.244. The smallest absolute Gasteiger partial charge is 0.252 e. The number of fused-ring (bicyclic) bond motifs is 1. The third-order valence-corrected chi connectivity index (χ3v) is 3.29. The average molecular weight is 283 g/mol. The van der Waals surface area contributed by atoms with Crippen LogP contribution in [-0.4, -0.2) is 21.8 Å². The fourth-order valence-electron chi connectivity index (χ4n) is 2.17. The molecule has 3 rings (SSSR count). The molecule has 0 radical (unpaired) electrons. The molecule has 0 aliphatic heterocycles. The zero-order valence-corrected chi connectivity index (χ0v) is 11.3. The van der Waals surface area contributed by atoms with Crippen molar-refractivity contribution in [3.8, 4) is 0 Å². The molecule has 1 amide bonds. The van der Waals surface area contributed by atoms with Crippen molar-refractivity contribution in [2.45, 2.75) is 6.42 Å². The molecule has 1 aromatic carbocycles. The first kappa shape index (κ1) is 13.3. The van der Waals surface area contributed by atoms with Crippen molar-refractivity contribution in [2.24, 2.45) is 0 Å². The van der Waals surface area contributed by atoms with Crippen LogP contribution in [0.15, 0.2) is 55.0 Å². The molecule has 0 spiro atoms. The number of aromatic nitrogens is 2. The van der Waals surface area contributed by atoms with Gasteiger partial charge in [-0.2, -0.15) is 0 Å². The first-order chi connectivity index (χ1) is 10.2. The lowest BCUT2D eigenvalue weighted by atomic mass is 10.1. The van der Waals surface area contributed by atoms with E-state index in [1.807, 2.05) is 0 Å². The van der Waals surface area contributed by atoms with Crippen LogP contribution in [0.4, 0.5) is 4.39 Å². The highest BCUT2D eigenvalue weighted by Crippen LogP contribution is 2.07. The number of halogens is 1. The van der Waals surface area contributed by atoms with Crippen molar-refractivity contribution in [1.82, 2.24) is 14.7 Å². The number of nitrogens with zero attached hydrogens (tertiary/aromatic N) is 2. The van der Waals surface area contributed by atoms with Crippen LogP contribution >= 0.6 is 0 Å². The summed E-state index contributed by atoms with van der Waals surface area (Å²) in [5.74, 6) is -0.423. The molecule has 0 saturated heterocycles. The van der Waals surface area contributed by atoms with Crippen LogP contribution < -0.4 is 5.32 Å². The lowest BCUT2D eigenvalue weighted by molar-refractivity contribution is 0.0953. The average Bonchev–Trinajstić information content (AvgIpc) is 2.96. The van der Waals surface area contributed by atoms with Crippen molar-refractivity contribution >= 4 is 11.6 Å². The van der Waals surface area contributed by atoms with E-state index in [4.69, 9.17) is 0 Å². The van der Waals surface area contributed by atoms with Gasteiger partial charge in [0.15, 0.2) is 0 Å². The number of amides is 1. The van der Waals surface area contributed by atoms with E-state index in [-0.39, 0.29) is 11.7 Å². The summed E-state index contributed by atoms with van der Waals surface area (Å²) in [6.45, 7) is 0.391. The van der Waals surface area contributed by atoms with Crippen LogP contribution in [-0.2, 0) is 6.42 Å². The molecule has 1 N–H and O–H groups in total. The molecule has 2 aromatic heterocycles. The minimum absolute atomic E-state index is 0.179. The first-order valence-corrected chi connectivity index (χ1v) is 6.68. The van der Waals surface area contributed by atoms with E-state index in [0.717, 1.165) is 5.65 Å². The van der Waals surface area contributed by atoms with Gasteiger partial charge >= 0.3 is 0 Å². The van der Waals surface area contributed by atoms with E-state index < -0.39 is 0 Å². The van der Waals surface area contributed by atoms with Crippen LogP contribution in [0.1, 0.15) is 15.9 Å². The Balaban J connectivity index is 1.62. The summed E-state index contributed by atoms with van der Waals surface area (Å²) in [5.41, 5.74) is 1.94. The fourth-order valence-corrected chi connectivity index (χ4v) is 2.17. The number of carbonyl (C=O) groups excluding carboxylic acids is 1. The standard InChI is InChI=1S/C16H14FN3O/c17-14-4-2-1-3-12(14)7-8-19-16(21)13-5-6-15-18-9-10-20(15)11-13/h1-6,9-11H,7-8H2,(H,19,21). The Labute approximate surface area is 121 Å². The molecule has 0 fully saturated rings. The van der Waals surface area contributed by atoms with E-state index in [1.54, 1.807) is 53.3 Å². The van der Waals surface area contributed by atoms with E-state index >= 15 is 0 Å². The highest BCUT2D eigenvalue weighted by molar-refractivity contribution is 5.94. The van der Waals surface area contributed by atoms with Crippen LogP contribution in [0.25, 0.3) is 5.65 Å². The highest BCUT2D eigenvalue weighted by Gasteiger charge is 2.07. The molecule has 0 unspecified atom stereocenters. The summed E-state index contributed by atoms with van der Waals surface area (Å²) in [4.78, 5) is 16.2. The van der Waals surface area contributed by atoms with Crippen LogP contribution in [0, 0.1) is 5.82 Å². The van der Waals surface area contributed by atoms with Crippen molar-refractivity contribution in [2.75, 3.05) is 6.54 Å². The van der Waals surface area contributed by atoms with Crippen molar-refractivity contribution in [3.63, 3.8) is 0 Å². The molecule has 0 bridgehead atoms. The van der Waals surface area contributed by atoms with Crippen molar-refractivity contribution < 1.29 is 9.18 Å². The Morgan fingerprint density at radius 1 is 1.24 bits per heavy atom. The third kappa shape index (κ3) is 2.91. The Kier molecular flexibility index (Phi) is 3.64. The van der Waals surface area contributed by atoms with Gasteiger partial charge in [-0.25, -0.2) is 9.37 Å². The molecule has 5 heteroatoms. The number of pyridine rings is 1. The maximum absolute atomic E-state index is 13.5. The molecule has 4 nitrogen and oxygen atoms in total. The SMILES string of the molecule is O=C(NCCc1ccccc1F)c1ccc2nccn2c1. The second-order valence-electron chi connectivity index (χ2n) is 4.71. The second kappa shape index (κ2) is 5.75. The van der Waals surface area contributed by atoms with Gasteiger partial charge in [-0.05, 0) is 30.2 Å². The summed E-state index contributed by atoms with van der Waals surface area (Å²) in [7, 11) is 0. The molecule has 3 aromatic rings. The predicted octanol–water partition coefficient (Wildman–Crippen LogP) is 2.45. The summed E-state index contributed by atoms with van der Waals surface area (Å²) in [5, 5.41) is 2.79. The van der Waals surface area contributed by atoms with Crippen LogP contribution in [0.3, 0.4) is 0 Å². The largest absolute Gasteiger partial charge is 0.352 e. The topological polar surface area (TPSA) is 46.4 Å². The number of imidazole rings is 1. The Hall–Kier alpha value is -2.69. The molecule has 2 heterocycles.